The summed E-state index contributed by atoms with van der Waals surface area (Å²) in [5.74, 6) is 1.71. The van der Waals surface area contributed by atoms with Gasteiger partial charge < -0.3 is 10.8 Å². The topological polar surface area (TPSA) is 46.2 Å². The molecule has 3 unspecified atom stereocenters. The minimum absolute atomic E-state index is 0.219. The minimum Gasteiger partial charge on any atom is -0.508 e. The molecule has 19 heavy (non-hydrogen) atoms. The number of rotatable bonds is 3. The van der Waals surface area contributed by atoms with Gasteiger partial charge in [0, 0.05) is 6.04 Å². The van der Waals surface area contributed by atoms with Crippen molar-refractivity contribution >= 4 is 0 Å². The molecule has 1 aromatic carbocycles. The van der Waals surface area contributed by atoms with E-state index in [1.165, 1.54) is 18.4 Å². The normalized spacial score (nSPS) is 28.3. The largest absolute Gasteiger partial charge is 0.508 e. The molecule has 106 valence electrons. The van der Waals surface area contributed by atoms with Gasteiger partial charge in [0.1, 0.15) is 5.75 Å². The van der Waals surface area contributed by atoms with Gasteiger partial charge in [-0.2, -0.15) is 0 Å². The number of hydrogen-bond acceptors (Lipinski definition) is 2. The van der Waals surface area contributed by atoms with Gasteiger partial charge in [-0.15, -0.1) is 0 Å². The number of aromatic hydroxyl groups is 1. The van der Waals surface area contributed by atoms with Crippen LogP contribution in [-0.4, -0.2) is 11.1 Å². The molecule has 0 aromatic heterocycles. The molecule has 0 amide bonds. The van der Waals surface area contributed by atoms with Crippen LogP contribution in [0.3, 0.4) is 0 Å². The van der Waals surface area contributed by atoms with E-state index < -0.39 is 0 Å². The maximum absolute atomic E-state index is 9.35. The fraction of sp³-hybridized carbons (Fsp3) is 0.647. The van der Waals surface area contributed by atoms with E-state index in [1.54, 1.807) is 12.1 Å². The Morgan fingerprint density at radius 3 is 2.42 bits per heavy atom. The van der Waals surface area contributed by atoms with Crippen molar-refractivity contribution in [2.75, 3.05) is 0 Å². The summed E-state index contributed by atoms with van der Waals surface area (Å²) < 4.78 is 0. The highest BCUT2D eigenvalue weighted by Crippen LogP contribution is 2.41. The molecule has 0 radical (unpaired) electrons. The molecule has 0 spiro atoms. The third-order valence-electron chi connectivity index (χ3n) is 4.76. The lowest BCUT2D eigenvalue weighted by Gasteiger charge is -2.43. The lowest BCUT2D eigenvalue weighted by Crippen LogP contribution is -2.44. The summed E-state index contributed by atoms with van der Waals surface area (Å²) in [6.45, 7) is 6.98. The third-order valence-corrected chi connectivity index (χ3v) is 4.76. The van der Waals surface area contributed by atoms with Gasteiger partial charge in [-0.05, 0) is 54.2 Å². The highest BCUT2D eigenvalue weighted by Gasteiger charge is 2.37. The fourth-order valence-corrected chi connectivity index (χ4v) is 3.67. The number of benzene rings is 1. The first-order valence-electron chi connectivity index (χ1n) is 7.42. The molecule has 3 atom stereocenters. The van der Waals surface area contributed by atoms with Crippen LogP contribution >= 0.6 is 0 Å². The molecule has 1 saturated carbocycles. The van der Waals surface area contributed by atoms with Gasteiger partial charge in [0.2, 0.25) is 0 Å². The van der Waals surface area contributed by atoms with Crippen LogP contribution in [0.2, 0.25) is 0 Å². The van der Waals surface area contributed by atoms with E-state index in [4.69, 9.17) is 5.73 Å². The van der Waals surface area contributed by atoms with Crippen LogP contribution in [0.15, 0.2) is 24.3 Å². The van der Waals surface area contributed by atoms with Crippen molar-refractivity contribution in [1.82, 2.24) is 0 Å². The monoisotopic (exact) mass is 261 g/mol. The Labute approximate surface area is 117 Å². The highest BCUT2D eigenvalue weighted by molar-refractivity contribution is 5.26. The Bertz CT molecular complexity index is 410. The lowest BCUT2D eigenvalue weighted by molar-refractivity contribution is 0.113. The van der Waals surface area contributed by atoms with Gasteiger partial charge in [-0.3, -0.25) is 0 Å². The molecule has 1 aliphatic carbocycles. The van der Waals surface area contributed by atoms with Crippen molar-refractivity contribution in [3.63, 3.8) is 0 Å². The zero-order valence-electron chi connectivity index (χ0n) is 12.4. The van der Waals surface area contributed by atoms with Gasteiger partial charge >= 0.3 is 0 Å². The molecule has 2 heteroatoms. The number of hydrogen-bond donors (Lipinski definition) is 2. The van der Waals surface area contributed by atoms with Crippen molar-refractivity contribution in [2.24, 2.45) is 23.0 Å². The van der Waals surface area contributed by atoms with Gasteiger partial charge in [0.25, 0.3) is 0 Å². The minimum atomic E-state index is 0.219. The van der Waals surface area contributed by atoms with E-state index in [1.807, 2.05) is 12.1 Å². The van der Waals surface area contributed by atoms with Crippen LogP contribution in [0, 0.1) is 17.3 Å². The van der Waals surface area contributed by atoms with Crippen LogP contribution in [0.5, 0.6) is 5.75 Å². The summed E-state index contributed by atoms with van der Waals surface area (Å²) in [5.41, 5.74) is 7.90. The van der Waals surface area contributed by atoms with Crippen molar-refractivity contribution in [1.29, 1.82) is 0 Å². The van der Waals surface area contributed by atoms with E-state index in [-0.39, 0.29) is 5.41 Å². The Morgan fingerprint density at radius 1 is 1.21 bits per heavy atom. The fourth-order valence-electron chi connectivity index (χ4n) is 3.67. The van der Waals surface area contributed by atoms with Crippen LogP contribution < -0.4 is 5.73 Å². The zero-order chi connectivity index (χ0) is 14.0. The smallest absolute Gasteiger partial charge is 0.115 e. The maximum atomic E-state index is 9.35. The van der Waals surface area contributed by atoms with Crippen molar-refractivity contribution in [2.45, 2.75) is 52.5 Å². The first kappa shape index (κ1) is 14.4. The third kappa shape index (κ3) is 3.50. The molecule has 0 aliphatic heterocycles. The maximum Gasteiger partial charge on any atom is 0.115 e. The van der Waals surface area contributed by atoms with Crippen molar-refractivity contribution < 1.29 is 5.11 Å². The predicted octanol–water partition coefficient (Wildman–Crippen LogP) is 3.72. The van der Waals surface area contributed by atoms with Crippen LogP contribution in [-0.2, 0) is 6.42 Å². The van der Waals surface area contributed by atoms with E-state index in [9.17, 15) is 5.11 Å². The Balaban J connectivity index is 2.07. The Kier molecular flexibility index (Phi) is 4.19. The van der Waals surface area contributed by atoms with E-state index in [0.29, 0.717) is 17.7 Å². The zero-order valence-corrected chi connectivity index (χ0v) is 12.4. The molecule has 2 rings (SSSR count). The molecular weight excluding hydrogens is 234 g/mol. The average Bonchev–Trinajstić information content (AvgIpc) is 2.31. The van der Waals surface area contributed by atoms with Crippen molar-refractivity contribution in [3.8, 4) is 5.75 Å². The van der Waals surface area contributed by atoms with Gasteiger partial charge in [0.15, 0.2) is 0 Å². The summed E-state index contributed by atoms with van der Waals surface area (Å²) >= 11 is 0. The van der Waals surface area contributed by atoms with Crippen LogP contribution in [0.25, 0.3) is 0 Å². The molecule has 3 N–H and O–H groups in total. The van der Waals surface area contributed by atoms with E-state index in [0.717, 1.165) is 18.8 Å². The predicted molar refractivity (Wildman–Crippen MR) is 80.1 cm³/mol. The quantitative estimate of drug-likeness (QED) is 0.871. The number of phenolic OH excluding ortho intramolecular Hbond substituents is 1. The summed E-state index contributed by atoms with van der Waals surface area (Å²) in [5, 5.41) is 9.35. The first-order chi connectivity index (χ1) is 8.88. The van der Waals surface area contributed by atoms with Gasteiger partial charge in [-0.1, -0.05) is 39.3 Å². The molecule has 1 aliphatic rings. The number of nitrogens with two attached hydrogens (primary N) is 1. The van der Waals surface area contributed by atoms with Crippen LogP contribution in [0.4, 0.5) is 0 Å². The second-order valence-electron chi connectivity index (χ2n) is 7.02. The molecule has 1 aromatic rings. The van der Waals surface area contributed by atoms with Gasteiger partial charge in [-0.25, -0.2) is 0 Å². The summed E-state index contributed by atoms with van der Waals surface area (Å²) in [4.78, 5) is 0. The molecule has 1 fully saturated rings. The molecule has 0 heterocycles. The average molecular weight is 261 g/mol. The summed E-state index contributed by atoms with van der Waals surface area (Å²) in [7, 11) is 0. The van der Waals surface area contributed by atoms with Crippen molar-refractivity contribution in [3.05, 3.63) is 29.8 Å². The number of phenols is 1. The van der Waals surface area contributed by atoms with Gasteiger partial charge in [0.05, 0.1) is 0 Å². The van der Waals surface area contributed by atoms with E-state index in [2.05, 4.69) is 20.8 Å². The summed E-state index contributed by atoms with van der Waals surface area (Å²) in [6.07, 6.45) is 4.73. The molecular formula is C17H27NO. The molecule has 0 bridgehead atoms. The molecule has 0 saturated heterocycles. The summed E-state index contributed by atoms with van der Waals surface area (Å²) in [6, 6.07) is 7.92. The Morgan fingerprint density at radius 2 is 1.84 bits per heavy atom. The lowest BCUT2D eigenvalue weighted by atomic mass is 9.64. The first-order valence-corrected chi connectivity index (χ1v) is 7.42. The molecule has 2 nitrogen and oxygen atoms in total. The standard InChI is InChI=1S/C17H27NO/c1-12-4-9-15(16(18)10-12)17(2,3)11-13-5-7-14(19)8-6-13/h5-8,12,15-16,19H,4,9-11,18H2,1-3H3. The van der Waals surface area contributed by atoms with Crippen LogP contribution in [0.1, 0.15) is 45.6 Å². The highest BCUT2D eigenvalue weighted by atomic mass is 16.3. The Hall–Kier alpha value is -1.02. The second kappa shape index (κ2) is 5.54. The second-order valence-corrected chi connectivity index (χ2v) is 7.02. The SMILES string of the molecule is CC1CCC(C(C)(C)Cc2ccc(O)cc2)C(N)C1. The van der Waals surface area contributed by atoms with E-state index >= 15 is 0 Å².